The smallest absolute Gasteiger partial charge is 0.144 e. The molecule has 0 amide bonds. The van der Waals surface area contributed by atoms with Crippen molar-refractivity contribution in [1.29, 1.82) is 5.26 Å². The van der Waals surface area contributed by atoms with Crippen LogP contribution in [-0.4, -0.2) is 36.1 Å². The molecule has 0 spiro atoms. The molecule has 0 bridgehead atoms. The molecule has 1 N–H and O–H groups in total. The number of aromatic nitrogens is 1. The van der Waals surface area contributed by atoms with Gasteiger partial charge in [-0.15, -0.1) is 0 Å². The van der Waals surface area contributed by atoms with E-state index in [0.29, 0.717) is 5.69 Å². The summed E-state index contributed by atoms with van der Waals surface area (Å²) in [6, 6.07) is 6.09. The fourth-order valence-corrected chi connectivity index (χ4v) is 2.99. The zero-order valence-electron chi connectivity index (χ0n) is 9.76. The van der Waals surface area contributed by atoms with E-state index in [4.69, 9.17) is 5.26 Å². The van der Waals surface area contributed by atoms with Gasteiger partial charge in [0.2, 0.25) is 0 Å². The summed E-state index contributed by atoms with van der Waals surface area (Å²) in [5.41, 5.74) is 1.63. The molecule has 2 fully saturated rings. The molecule has 2 aliphatic heterocycles. The Balaban J connectivity index is 1.70. The van der Waals surface area contributed by atoms with Crippen molar-refractivity contribution in [2.45, 2.75) is 6.54 Å². The highest BCUT2D eigenvalue weighted by atomic mass is 15.2. The maximum atomic E-state index is 9.01. The Hall–Kier alpha value is -1.44. The third-order valence-electron chi connectivity index (χ3n) is 3.86. The summed E-state index contributed by atoms with van der Waals surface area (Å²) in [6.45, 7) is 5.47. The summed E-state index contributed by atoms with van der Waals surface area (Å²) in [5.74, 6) is 1.61. The largest absolute Gasteiger partial charge is 0.316 e. The van der Waals surface area contributed by atoms with Crippen molar-refractivity contribution in [3.63, 3.8) is 0 Å². The summed E-state index contributed by atoms with van der Waals surface area (Å²) in [6.07, 6.45) is 1.69. The highest BCUT2D eigenvalue weighted by molar-refractivity contribution is 5.30. The van der Waals surface area contributed by atoms with Crippen LogP contribution in [0.2, 0.25) is 0 Å². The summed E-state index contributed by atoms with van der Waals surface area (Å²) >= 11 is 0. The van der Waals surface area contributed by atoms with Gasteiger partial charge in [0.15, 0.2) is 0 Å². The van der Waals surface area contributed by atoms with Crippen molar-refractivity contribution in [1.82, 2.24) is 15.2 Å². The van der Waals surface area contributed by atoms with Gasteiger partial charge in [0.25, 0.3) is 0 Å². The van der Waals surface area contributed by atoms with Crippen LogP contribution in [0.3, 0.4) is 0 Å². The predicted octanol–water partition coefficient (Wildman–Crippen LogP) is 0.604. The molecule has 0 saturated carbocycles. The molecule has 17 heavy (non-hydrogen) atoms. The SMILES string of the molecule is N#Cc1ncccc1CN1CC2CNCC2C1. The monoisotopic (exact) mass is 228 g/mol. The van der Waals surface area contributed by atoms with Gasteiger partial charge in [0.05, 0.1) is 0 Å². The van der Waals surface area contributed by atoms with Gasteiger partial charge in [-0.3, -0.25) is 4.90 Å². The average molecular weight is 228 g/mol. The maximum Gasteiger partial charge on any atom is 0.144 e. The minimum Gasteiger partial charge on any atom is -0.316 e. The van der Waals surface area contributed by atoms with Crippen molar-refractivity contribution < 1.29 is 0 Å². The number of nitrogens with zero attached hydrogens (tertiary/aromatic N) is 3. The van der Waals surface area contributed by atoms with E-state index >= 15 is 0 Å². The van der Waals surface area contributed by atoms with Gasteiger partial charge in [-0.25, -0.2) is 4.98 Å². The molecule has 2 saturated heterocycles. The fourth-order valence-electron chi connectivity index (χ4n) is 2.99. The first kappa shape index (κ1) is 10.7. The Morgan fingerprint density at radius 1 is 1.41 bits per heavy atom. The van der Waals surface area contributed by atoms with Crippen LogP contribution in [0.5, 0.6) is 0 Å². The van der Waals surface area contributed by atoms with Gasteiger partial charge in [-0.2, -0.15) is 5.26 Å². The highest BCUT2D eigenvalue weighted by Gasteiger charge is 2.35. The van der Waals surface area contributed by atoms with Crippen LogP contribution in [0.15, 0.2) is 18.3 Å². The lowest BCUT2D eigenvalue weighted by Crippen LogP contribution is -2.25. The Bertz CT molecular complexity index is 439. The van der Waals surface area contributed by atoms with Gasteiger partial charge in [0, 0.05) is 31.4 Å². The Labute approximate surface area is 101 Å². The molecule has 4 nitrogen and oxygen atoms in total. The van der Waals surface area contributed by atoms with E-state index in [9.17, 15) is 0 Å². The van der Waals surface area contributed by atoms with Crippen molar-refractivity contribution in [2.75, 3.05) is 26.2 Å². The number of hydrogen-bond donors (Lipinski definition) is 1. The molecule has 1 aromatic heterocycles. The Morgan fingerprint density at radius 2 is 2.18 bits per heavy atom. The van der Waals surface area contributed by atoms with Crippen LogP contribution < -0.4 is 5.32 Å². The zero-order valence-corrected chi connectivity index (χ0v) is 9.76. The third kappa shape index (κ3) is 2.04. The Morgan fingerprint density at radius 3 is 2.88 bits per heavy atom. The topological polar surface area (TPSA) is 52.0 Å². The van der Waals surface area contributed by atoms with Crippen LogP contribution in [0.1, 0.15) is 11.3 Å². The number of pyridine rings is 1. The molecule has 0 aliphatic carbocycles. The number of rotatable bonds is 2. The predicted molar refractivity (Wildman–Crippen MR) is 64.1 cm³/mol. The first-order chi connectivity index (χ1) is 8.36. The fraction of sp³-hybridized carbons (Fsp3) is 0.538. The van der Waals surface area contributed by atoms with Crippen LogP contribution in [0, 0.1) is 23.2 Å². The van der Waals surface area contributed by atoms with Gasteiger partial charge in [0.1, 0.15) is 11.8 Å². The molecule has 2 aliphatic rings. The summed E-state index contributed by atoms with van der Waals surface area (Å²) in [4.78, 5) is 6.56. The van der Waals surface area contributed by atoms with Crippen LogP contribution in [-0.2, 0) is 6.54 Å². The standard InChI is InChI=1S/C13H16N4/c14-4-13-10(2-1-3-16-13)7-17-8-11-5-15-6-12(11)9-17/h1-3,11-12,15H,5-9H2. The first-order valence-corrected chi connectivity index (χ1v) is 6.14. The summed E-state index contributed by atoms with van der Waals surface area (Å²) in [5, 5.41) is 12.5. The van der Waals surface area contributed by atoms with E-state index in [1.807, 2.05) is 12.1 Å². The van der Waals surface area contributed by atoms with E-state index in [1.165, 1.54) is 0 Å². The van der Waals surface area contributed by atoms with Crippen LogP contribution >= 0.6 is 0 Å². The first-order valence-electron chi connectivity index (χ1n) is 6.14. The van der Waals surface area contributed by atoms with E-state index in [-0.39, 0.29) is 0 Å². The second-order valence-electron chi connectivity index (χ2n) is 5.00. The molecule has 88 valence electrons. The molecule has 2 atom stereocenters. The van der Waals surface area contributed by atoms with Gasteiger partial charge in [-0.1, -0.05) is 6.07 Å². The van der Waals surface area contributed by atoms with E-state index in [1.54, 1.807) is 6.20 Å². The van der Waals surface area contributed by atoms with Gasteiger partial charge >= 0.3 is 0 Å². The number of nitrogens with one attached hydrogen (secondary N) is 1. The average Bonchev–Trinajstić information content (AvgIpc) is 2.90. The highest BCUT2D eigenvalue weighted by Crippen LogP contribution is 2.27. The second-order valence-corrected chi connectivity index (χ2v) is 5.00. The van der Waals surface area contributed by atoms with E-state index < -0.39 is 0 Å². The molecule has 4 heteroatoms. The van der Waals surface area contributed by atoms with Crippen molar-refractivity contribution in [3.8, 4) is 6.07 Å². The number of hydrogen-bond acceptors (Lipinski definition) is 4. The van der Waals surface area contributed by atoms with E-state index in [2.05, 4.69) is 21.3 Å². The number of fused-ring (bicyclic) bond motifs is 1. The molecular weight excluding hydrogens is 212 g/mol. The number of nitriles is 1. The molecule has 3 heterocycles. The molecule has 1 aromatic rings. The molecule has 3 rings (SSSR count). The summed E-state index contributed by atoms with van der Waals surface area (Å²) in [7, 11) is 0. The minimum atomic E-state index is 0.572. The maximum absolute atomic E-state index is 9.01. The van der Waals surface area contributed by atoms with Crippen LogP contribution in [0.4, 0.5) is 0 Å². The normalized spacial score (nSPS) is 27.9. The van der Waals surface area contributed by atoms with Crippen molar-refractivity contribution in [3.05, 3.63) is 29.6 Å². The van der Waals surface area contributed by atoms with Gasteiger partial charge in [-0.05, 0) is 31.0 Å². The lowest BCUT2D eigenvalue weighted by Gasteiger charge is -2.17. The molecule has 2 unspecified atom stereocenters. The lowest BCUT2D eigenvalue weighted by atomic mass is 10.0. The number of likely N-dealkylation sites (tertiary alicyclic amines) is 1. The molecule has 0 radical (unpaired) electrons. The minimum absolute atomic E-state index is 0.572. The van der Waals surface area contributed by atoms with Gasteiger partial charge < -0.3 is 5.32 Å². The quantitative estimate of drug-likeness (QED) is 0.805. The second kappa shape index (κ2) is 4.44. The molecule has 0 aromatic carbocycles. The van der Waals surface area contributed by atoms with E-state index in [0.717, 1.165) is 50.1 Å². The Kier molecular flexibility index (Phi) is 2.79. The van der Waals surface area contributed by atoms with Crippen molar-refractivity contribution >= 4 is 0 Å². The zero-order chi connectivity index (χ0) is 11.7. The molecular formula is C13H16N4. The van der Waals surface area contributed by atoms with Crippen LogP contribution in [0.25, 0.3) is 0 Å². The van der Waals surface area contributed by atoms with Crippen molar-refractivity contribution in [2.24, 2.45) is 11.8 Å². The lowest BCUT2D eigenvalue weighted by molar-refractivity contribution is 0.305. The third-order valence-corrected chi connectivity index (χ3v) is 3.86. The summed E-state index contributed by atoms with van der Waals surface area (Å²) < 4.78 is 0.